The van der Waals surface area contributed by atoms with Gasteiger partial charge in [0.1, 0.15) is 6.79 Å². The quantitative estimate of drug-likeness (QED) is 0.373. The Kier molecular flexibility index (Phi) is 6.59. The van der Waals surface area contributed by atoms with Crippen LogP contribution in [0.25, 0.3) is 0 Å². The van der Waals surface area contributed by atoms with E-state index in [0.717, 1.165) is 31.2 Å². The fraction of sp³-hybridized carbons (Fsp3) is 0.647. The Balaban J connectivity index is 2.08. The highest BCUT2D eigenvalue weighted by molar-refractivity contribution is 7.89. The zero-order valence-electron chi connectivity index (χ0n) is 14.2. The number of benzene rings is 1. The van der Waals surface area contributed by atoms with Crippen LogP contribution in [0, 0.1) is 6.92 Å². The number of sulfonamides is 1. The van der Waals surface area contributed by atoms with E-state index in [4.69, 9.17) is 9.47 Å². The highest BCUT2D eigenvalue weighted by Gasteiger charge is 2.54. The average molecular weight is 341 g/mol. The van der Waals surface area contributed by atoms with Crippen molar-refractivity contribution in [3.63, 3.8) is 0 Å². The zero-order chi connectivity index (χ0) is 16.9. The summed E-state index contributed by atoms with van der Waals surface area (Å²) >= 11 is 0. The van der Waals surface area contributed by atoms with Crippen molar-refractivity contribution in [1.29, 1.82) is 0 Å². The highest BCUT2D eigenvalue weighted by Crippen LogP contribution is 2.39. The second-order valence-electron chi connectivity index (χ2n) is 6.06. The van der Waals surface area contributed by atoms with Gasteiger partial charge in [0.25, 0.3) is 0 Å². The number of aryl methyl sites for hydroxylation is 1. The van der Waals surface area contributed by atoms with Crippen molar-refractivity contribution < 1.29 is 17.9 Å². The van der Waals surface area contributed by atoms with Crippen LogP contribution in [-0.4, -0.2) is 45.3 Å². The molecule has 0 N–H and O–H groups in total. The third kappa shape index (κ3) is 4.53. The van der Waals surface area contributed by atoms with Crippen molar-refractivity contribution in [3.05, 3.63) is 29.8 Å². The summed E-state index contributed by atoms with van der Waals surface area (Å²) in [6.45, 7) is 4.67. The van der Waals surface area contributed by atoms with Crippen LogP contribution >= 0.6 is 0 Å². The maximum atomic E-state index is 12.8. The predicted molar refractivity (Wildman–Crippen MR) is 89.7 cm³/mol. The minimum Gasteiger partial charge on any atom is -0.359 e. The summed E-state index contributed by atoms with van der Waals surface area (Å²) in [6.07, 6.45) is 4.19. The summed E-state index contributed by atoms with van der Waals surface area (Å²) in [6, 6.07) is 6.99. The minimum absolute atomic E-state index is 0.0460. The van der Waals surface area contributed by atoms with Gasteiger partial charge in [-0.3, -0.25) is 0 Å². The van der Waals surface area contributed by atoms with Crippen LogP contribution in [0.2, 0.25) is 0 Å². The smallest absolute Gasteiger partial charge is 0.243 e. The molecule has 0 saturated carbocycles. The molecule has 0 spiro atoms. The first kappa shape index (κ1) is 18.4. The van der Waals surface area contributed by atoms with E-state index < -0.39 is 10.0 Å². The van der Waals surface area contributed by atoms with Crippen molar-refractivity contribution in [1.82, 2.24) is 4.31 Å². The van der Waals surface area contributed by atoms with Gasteiger partial charge in [0, 0.05) is 13.2 Å². The van der Waals surface area contributed by atoms with Crippen LogP contribution in [0.1, 0.15) is 38.2 Å². The molecule has 1 saturated heterocycles. The fourth-order valence-electron chi connectivity index (χ4n) is 2.86. The summed E-state index contributed by atoms with van der Waals surface area (Å²) in [5.74, 6) is 0. The summed E-state index contributed by atoms with van der Waals surface area (Å²) in [4.78, 5) is 0.359. The van der Waals surface area contributed by atoms with Gasteiger partial charge >= 0.3 is 0 Å². The number of methoxy groups -OCH3 is 1. The molecular formula is C17H27NO4S. The lowest BCUT2D eigenvalue weighted by Gasteiger charge is -2.07. The van der Waals surface area contributed by atoms with Crippen molar-refractivity contribution in [2.45, 2.75) is 56.5 Å². The molecular weight excluding hydrogens is 314 g/mol. The van der Waals surface area contributed by atoms with Crippen LogP contribution < -0.4 is 0 Å². The highest BCUT2D eigenvalue weighted by atomic mass is 32.2. The number of nitrogens with zero attached hydrogens (tertiary/aromatic N) is 1. The molecule has 2 rings (SSSR count). The van der Waals surface area contributed by atoms with E-state index in [1.165, 1.54) is 0 Å². The third-order valence-electron chi connectivity index (χ3n) is 4.20. The van der Waals surface area contributed by atoms with Crippen LogP contribution in [0.5, 0.6) is 0 Å². The molecule has 1 aromatic rings. The summed E-state index contributed by atoms with van der Waals surface area (Å²) in [7, 11) is -1.88. The standard InChI is InChI=1S/C17H27NO4S/c1-4-5-6-7-16-17(12-22-13-21-3)18(16)23(19,20)15-10-8-14(2)9-11-15/h8-11,16-17H,4-7,12-13H2,1-3H3/t16-,17-,18?/m0/s1. The zero-order valence-corrected chi connectivity index (χ0v) is 15.0. The molecule has 3 atom stereocenters. The Hall–Kier alpha value is -0.950. The van der Waals surface area contributed by atoms with Crippen molar-refractivity contribution >= 4 is 10.0 Å². The van der Waals surface area contributed by atoms with Gasteiger partial charge in [-0.25, -0.2) is 8.42 Å². The minimum atomic E-state index is -3.44. The molecule has 5 nitrogen and oxygen atoms in total. The van der Waals surface area contributed by atoms with E-state index in [2.05, 4.69) is 6.92 Å². The van der Waals surface area contributed by atoms with E-state index in [9.17, 15) is 8.42 Å². The molecule has 1 aromatic carbocycles. The molecule has 0 amide bonds. The van der Waals surface area contributed by atoms with Crippen LogP contribution in [0.15, 0.2) is 29.2 Å². The number of rotatable bonds is 10. The van der Waals surface area contributed by atoms with Crippen LogP contribution in [0.4, 0.5) is 0 Å². The summed E-state index contributed by atoms with van der Waals surface area (Å²) in [5, 5.41) is 0. The van der Waals surface area contributed by atoms with Crippen molar-refractivity contribution in [2.24, 2.45) is 0 Å². The summed E-state index contributed by atoms with van der Waals surface area (Å²) < 4.78 is 37.5. The third-order valence-corrected chi connectivity index (χ3v) is 6.16. The lowest BCUT2D eigenvalue weighted by atomic mass is 10.1. The Morgan fingerprint density at radius 2 is 1.83 bits per heavy atom. The molecule has 0 bridgehead atoms. The van der Waals surface area contributed by atoms with Gasteiger partial charge in [-0.05, 0) is 25.5 Å². The molecule has 130 valence electrons. The average Bonchev–Trinajstić information content (AvgIpc) is 3.22. The van der Waals surface area contributed by atoms with Crippen LogP contribution in [-0.2, 0) is 19.5 Å². The van der Waals surface area contributed by atoms with E-state index in [1.54, 1.807) is 23.5 Å². The van der Waals surface area contributed by atoms with E-state index in [0.29, 0.717) is 11.5 Å². The molecule has 1 aliphatic rings. The number of hydrogen-bond donors (Lipinski definition) is 0. The molecule has 1 fully saturated rings. The first-order valence-electron chi connectivity index (χ1n) is 8.19. The first-order chi connectivity index (χ1) is 11.0. The normalized spacial score (nSPS) is 23.9. The van der Waals surface area contributed by atoms with Gasteiger partial charge in [-0.15, -0.1) is 0 Å². The van der Waals surface area contributed by atoms with Gasteiger partial charge in [0.05, 0.1) is 17.5 Å². The van der Waals surface area contributed by atoms with E-state index in [-0.39, 0.29) is 18.9 Å². The Morgan fingerprint density at radius 1 is 1.13 bits per heavy atom. The SMILES string of the molecule is CCCCC[C@H]1[C@H](COCOC)N1S(=O)(=O)c1ccc(C)cc1. The van der Waals surface area contributed by atoms with Gasteiger partial charge in [-0.1, -0.05) is 43.9 Å². The Labute approximate surface area is 139 Å². The number of unbranched alkanes of at least 4 members (excludes halogenated alkanes) is 2. The van der Waals surface area contributed by atoms with Crippen LogP contribution in [0.3, 0.4) is 0 Å². The molecule has 1 aliphatic heterocycles. The molecule has 23 heavy (non-hydrogen) atoms. The predicted octanol–water partition coefficient (Wildman–Crippen LogP) is 2.94. The molecule has 0 radical (unpaired) electrons. The molecule has 6 heteroatoms. The monoisotopic (exact) mass is 341 g/mol. The maximum Gasteiger partial charge on any atom is 0.243 e. The van der Waals surface area contributed by atoms with Gasteiger partial charge < -0.3 is 9.47 Å². The Morgan fingerprint density at radius 3 is 2.43 bits per heavy atom. The largest absolute Gasteiger partial charge is 0.359 e. The second-order valence-corrected chi connectivity index (χ2v) is 7.90. The number of hydrogen-bond acceptors (Lipinski definition) is 4. The second kappa shape index (κ2) is 8.24. The van der Waals surface area contributed by atoms with Gasteiger partial charge in [-0.2, -0.15) is 4.31 Å². The lowest BCUT2D eigenvalue weighted by Crippen LogP contribution is -2.18. The Bertz CT molecular complexity index is 569. The van der Waals surface area contributed by atoms with Gasteiger partial charge in [0.15, 0.2) is 0 Å². The summed E-state index contributed by atoms with van der Waals surface area (Å²) in [5.41, 5.74) is 1.05. The topological polar surface area (TPSA) is 55.6 Å². The molecule has 1 unspecified atom stereocenters. The maximum absolute atomic E-state index is 12.8. The van der Waals surface area contributed by atoms with Crippen molar-refractivity contribution in [3.8, 4) is 0 Å². The molecule has 1 heterocycles. The fourth-order valence-corrected chi connectivity index (χ4v) is 4.69. The number of ether oxygens (including phenoxy) is 2. The van der Waals surface area contributed by atoms with Crippen molar-refractivity contribution in [2.75, 3.05) is 20.5 Å². The van der Waals surface area contributed by atoms with E-state index in [1.807, 2.05) is 19.1 Å². The first-order valence-corrected chi connectivity index (χ1v) is 9.63. The molecule has 0 aliphatic carbocycles. The lowest BCUT2D eigenvalue weighted by molar-refractivity contribution is -0.0311. The van der Waals surface area contributed by atoms with E-state index >= 15 is 0 Å². The molecule has 0 aromatic heterocycles. The van der Waals surface area contributed by atoms with Gasteiger partial charge in [0.2, 0.25) is 10.0 Å².